The van der Waals surface area contributed by atoms with E-state index in [-0.39, 0.29) is 12.0 Å². The normalized spacial score (nSPS) is 27.6. The van der Waals surface area contributed by atoms with Crippen LogP contribution in [0, 0.1) is 18.8 Å². The van der Waals surface area contributed by atoms with Crippen molar-refractivity contribution < 1.29 is 17.9 Å². The molecule has 0 aliphatic carbocycles. The molecule has 0 radical (unpaired) electrons. The molecule has 9 heteroatoms. The number of hydrogen-bond donors (Lipinski definition) is 0. The fourth-order valence-corrected chi connectivity index (χ4v) is 4.43. The molecule has 134 valence electrons. The van der Waals surface area contributed by atoms with Crippen molar-refractivity contribution in [3.63, 3.8) is 0 Å². The van der Waals surface area contributed by atoms with E-state index in [9.17, 15) is 8.42 Å². The summed E-state index contributed by atoms with van der Waals surface area (Å²) in [7, 11) is -0.269. The summed E-state index contributed by atoms with van der Waals surface area (Å²) < 4.78 is 38.7. The SMILES string of the molecule is Cc1ccnc(OCC[C@H]2CO[C@H]3CN(S(=O)(=O)N(C)C)C[C@@H]23)n1. The molecule has 0 spiro atoms. The number of ether oxygens (including phenoxy) is 2. The number of aryl methyl sites for hydroxylation is 1. The maximum atomic E-state index is 12.3. The lowest BCUT2D eigenvalue weighted by atomic mass is 9.91. The van der Waals surface area contributed by atoms with E-state index in [1.165, 1.54) is 8.61 Å². The van der Waals surface area contributed by atoms with Crippen LogP contribution in [0.25, 0.3) is 0 Å². The lowest BCUT2D eigenvalue weighted by molar-refractivity contribution is 0.101. The first-order valence-electron chi connectivity index (χ1n) is 8.09. The summed E-state index contributed by atoms with van der Waals surface area (Å²) in [6, 6.07) is 2.20. The van der Waals surface area contributed by atoms with Crippen LogP contribution in [0.3, 0.4) is 0 Å². The summed E-state index contributed by atoms with van der Waals surface area (Å²) >= 11 is 0. The van der Waals surface area contributed by atoms with E-state index in [0.717, 1.165) is 12.1 Å². The van der Waals surface area contributed by atoms with Crippen molar-refractivity contribution >= 4 is 10.2 Å². The van der Waals surface area contributed by atoms with E-state index >= 15 is 0 Å². The molecule has 24 heavy (non-hydrogen) atoms. The monoisotopic (exact) mass is 356 g/mol. The molecule has 0 amide bonds. The molecule has 0 N–H and O–H groups in total. The van der Waals surface area contributed by atoms with Gasteiger partial charge in [0.15, 0.2) is 0 Å². The number of aromatic nitrogens is 2. The van der Waals surface area contributed by atoms with Gasteiger partial charge in [0.1, 0.15) is 0 Å². The molecule has 3 rings (SSSR count). The first kappa shape index (κ1) is 17.5. The fourth-order valence-electron chi connectivity index (χ4n) is 3.28. The van der Waals surface area contributed by atoms with Gasteiger partial charge in [0.25, 0.3) is 10.2 Å². The number of hydrogen-bond acceptors (Lipinski definition) is 6. The Morgan fingerprint density at radius 2 is 2.21 bits per heavy atom. The highest BCUT2D eigenvalue weighted by Gasteiger charge is 2.47. The fraction of sp³-hybridized carbons (Fsp3) is 0.733. The first-order valence-corrected chi connectivity index (χ1v) is 9.49. The number of fused-ring (bicyclic) bond motifs is 1. The molecule has 0 aromatic carbocycles. The molecule has 2 saturated heterocycles. The second-order valence-corrected chi connectivity index (χ2v) is 8.66. The molecular weight excluding hydrogens is 332 g/mol. The Kier molecular flexibility index (Phi) is 5.05. The number of rotatable bonds is 6. The third-order valence-electron chi connectivity index (χ3n) is 4.69. The van der Waals surface area contributed by atoms with E-state index in [2.05, 4.69) is 9.97 Å². The summed E-state index contributed by atoms with van der Waals surface area (Å²) in [4.78, 5) is 8.29. The lowest BCUT2D eigenvalue weighted by Crippen LogP contribution is -2.39. The molecule has 3 atom stereocenters. The molecule has 2 aliphatic heterocycles. The van der Waals surface area contributed by atoms with Gasteiger partial charge in [-0.1, -0.05) is 0 Å². The summed E-state index contributed by atoms with van der Waals surface area (Å²) in [6.45, 7) is 3.99. The van der Waals surface area contributed by atoms with Crippen LogP contribution >= 0.6 is 0 Å². The van der Waals surface area contributed by atoms with Crippen molar-refractivity contribution in [2.45, 2.75) is 19.4 Å². The zero-order valence-electron chi connectivity index (χ0n) is 14.3. The molecule has 0 unspecified atom stereocenters. The minimum atomic E-state index is -3.37. The van der Waals surface area contributed by atoms with Crippen molar-refractivity contribution in [2.75, 3.05) is 40.4 Å². The van der Waals surface area contributed by atoms with Crippen molar-refractivity contribution in [2.24, 2.45) is 11.8 Å². The largest absolute Gasteiger partial charge is 0.463 e. The standard InChI is InChI=1S/C15H24N4O4S/c1-11-4-6-16-15(17-11)22-7-5-12-10-23-14-9-19(8-13(12)14)24(20,21)18(2)3/h4,6,12-14H,5,7-10H2,1-3H3/t12-,13-,14-/m0/s1. The predicted octanol–water partition coefficient (Wildman–Crippen LogP) is 0.307. The number of nitrogens with zero attached hydrogens (tertiary/aromatic N) is 4. The highest BCUT2D eigenvalue weighted by molar-refractivity contribution is 7.86. The van der Waals surface area contributed by atoms with Gasteiger partial charge in [0, 0.05) is 45.0 Å². The third-order valence-corrected chi connectivity index (χ3v) is 6.56. The second kappa shape index (κ2) is 6.91. The van der Waals surface area contributed by atoms with E-state index in [4.69, 9.17) is 9.47 Å². The maximum absolute atomic E-state index is 12.3. The van der Waals surface area contributed by atoms with Crippen LogP contribution in [0.5, 0.6) is 6.01 Å². The predicted molar refractivity (Wildman–Crippen MR) is 87.8 cm³/mol. The zero-order valence-corrected chi connectivity index (χ0v) is 15.1. The Morgan fingerprint density at radius 3 is 2.92 bits per heavy atom. The van der Waals surface area contributed by atoms with E-state index in [1.807, 2.05) is 13.0 Å². The minimum absolute atomic E-state index is 0.0139. The minimum Gasteiger partial charge on any atom is -0.463 e. The topological polar surface area (TPSA) is 84.9 Å². The first-order chi connectivity index (χ1) is 11.4. The quantitative estimate of drug-likeness (QED) is 0.729. The Hall–Kier alpha value is -1.29. The molecule has 2 fully saturated rings. The highest BCUT2D eigenvalue weighted by Crippen LogP contribution is 2.36. The van der Waals surface area contributed by atoms with Gasteiger partial charge in [-0.3, -0.25) is 0 Å². The Balaban J connectivity index is 1.54. The highest BCUT2D eigenvalue weighted by atomic mass is 32.2. The van der Waals surface area contributed by atoms with Gasteiger partial charge in [-0.05, 0) is 25.3 Å². The maximum Gasteiger partial charge on any atom is 0.316 e. The van der Waals surface area contributed by atoms with Gasteiger partial charge in [-0.15, -0.1) is 0 Å². The average molecular weight is 356 g/mol. The summed E-state index contributed by atoms with van der Waals surface area (Å²) in [5.41, 5.74) is 0.865. The summed E-state index contributed by atoms with van der Waals surface area (Å²) in [5, 5.41) is 0. The van der Waals surface area contributed by atoms with E-state index in [1.54, 1.807) is 20.3 Å². The van der Waals surface area contributed by atoms with Crippen LogP contribution in [-0.2, 0) is 14.9 Å². The van der Waals surface area contributed by atoms with Gasteiger partial charge in [-0.2, -0.15) is 17.0 Å². The third kappa shape index (κ3) is 3.53. The second-order valence-electron chi connectivity index (χ2n) is 6.52. The van der Waals surface area contributed by atoms with E-state index in [0.29, 0.717) is 38.2 Å². The van der Waals surface area contributed by atoms with Gasteiger partial charge in [0.2, 0.25) is 0 Å². The average Bonchev–Trinajstić information content (AvgIpc) is 3.09. The molecule has 1 aromatic heterocycles. The molecule has 3 heterocycles. The Bertz CT molecular complexity index is 682. The lowest BCUT2D eigenvalue weighted by Gasteiger charge is -2.22. The van der Waals surface area contributed by atoms with Crippen LogP contribution < -0.4 is 4.74 Å². The zero-order chi connectivity index (χ0) is 17.3. The van der Waals surface area contributed by atoms with Crippen LogP contribution in [0.4, 0.5) is 0 Å². The van der Waals surface area contributed by atoms with Crippen molar-refractivity contribution in [1.82, 2.24) is 18.6 Å². The molecule has 0 bridgehead atoms. The van der Waals surface area contributed by atoms with Crippen LogP contribution in [0.1, 0.15) is 12.1 Å². The van der Waals surface area contributed by atoms with Gasteiger partial charge < -0.3 is 9.47 Å². The van der Waals surface area contributed by atoms with Crippen LogP contribution in [0.15, 0.2) is 12.3 Å². The Morgan fingerprint density at radius 1 is 1.42 bits per heavy atom. The van der Waals surface area contributed by atoms with E-state index < -0.39 is 10.2 Å². The van der Waals surface area contributed by atoms with Crippen LogP contribution in [-0.4, -0.2) is 73.5 Å². The van der Waals surface area contributed by atoms with Gasteiger partial charge in [-0.25, -0.2) is 9.97 Å². The van der Waals surface area contributed by atoms with Gasteiger partial charge >= 0.3 is 6.01 Å². The molecule has 8 nitrogen and oxygen atoms in total. The smallest absolute Gasteiger partial charge is 0.316 e. The van der Waals surface area contributed by atoms with Crippen molar-refractivity contribution in [3.05, 3.63) is 18.0 Å². The summed E-state index contributed by atoms with van der Waals surface area (Å²) in [6.07, 6.45) is 2.46. The molecule has 2 aliphatic rings. The van der Waals surface area contributed by atoms with Crippen molar-refractivity contribution in [1.29, 1.82) is 0 Å². The molecule has 1 aromatic rings. The van der Waals surface area contributed by atoms with Gasteiger partial charge in [0.05, 0.1) is 19.3 Å². The van der Waals surface area contributed by atoms with Crippen LogP contribution in [0.2, 0.25) is 0 Å². The molecular formula is C15H24N4O4S. The Labute approximate surface area is 143 Å². The van der Waals surface area contributed by atoms with Crippen molar-refractivity contribution in [3.8, 4) is 6.01 Å². The summed E-state index contributed by atoms with van der Waals surface area (Å²) in [5.74, 6) is 0.518. The molecule has 0 saturated carbocycles.